The van der Waals surface area contributed by atoms with Gasteiger partial charge in [-0.15, -0.1) is 0 Å². The summed E-state index contributed by atoms with van der Waals surface area (Å²) in [5.41, 5.74) is 2.39. The van der Waals surface area contributed by atoms with Gasteiger partial charge in [-0.05, 0) is 49.2 Å². The number of hydrogen-bond donors (Lipinski definition) is 2. The number of ether oxygens (including phenoxy) is 2. The average Bonchev–Trinajstić information content (AvgIpc) is 3.29. The molecule has 1 aliphatic heterocycles. The topological polar surface area (TPSA) is 85.4 Å². The Hall–Kier alpha value is -3.52. The number of carbonyl (C=O) groups is 1. The van der Waals surface area contributed by atoms with E-state index in [-0.39, 0.29) is 17.8 Å². The minimum Gasteiger partial charge on any atom is -0.486 e. The Kier molecular flexibility index (Phi) is 6.61. The minimum absolute atomic E-state index is 0.0871. The zero-order valence-corrected chi connectivity index (χ0v) is 18.0. The molecular weight excluding hydrogens is 411 g/mol. The van der Waals surface area contributed by atoms with Gasteiger partial charge in [-0.3, -0.25) is 4.79 Å². The van der Waals surface area contributed by atoms with Crippen molar-refractivity contribution >= 4 is 34.0 Å². The molecule has 1 amide bonds. The summed E-state index contributed by atoms with van der Waals surface area (Å²) in [6.45, 7) is 4.81. The van der Waals surface area contributed by atoms with Crippen LogP contribution in [-0.4, -0.2) is 35.2 Å². The van der Waals surface area contributed by atoms with E-state index < -0.39 is 0 Å². The van der Waals surface area contributed by atoms with Crippen molar-refractivity contribution in [3.8, 4) is 5.75 Å². The Morgan fingerprint density at radius 3 is 2.94 bits per heavy atom. The first-order valence-corrected chi connectivity index (χ1v) is 10.6. The molecule has 0 radical (unpaired) electrons. The fourth-order valence-electron chi connectivity index (χ4n) is 3.42. The van der Waals surface area contributed by atoms with Crippen LogP contribution in [0.2, 0.25) is 0 Å². The van der Waals surface area contributed by atoms with E-state index in [2.05, 4.69) is 20.6 Å². The van der Waals surface area contributed by atoms with Crippen molar-refractivity contribution in [3.05, 3.63) is 60.2 Å². The van der Waals surface area contributed by atoms with E-state index in [1.54, 1.807) is 37.3 Å². The van der Waals surface area contributed by atoms with Gasteiger partial charge in [-0.1, -0.05) is 13.0 Å². The number of anilines is 3. The largest absolute Gasteiger partial charge is 0.486 e. The normalized spacial score (nSPS) is 15.9. The summed E-state index contributed by atoms with van der Waals surface area (Å²) in [4.78, 5) is 21.1. The van der Waals surface area contributed by atoms with E-state index in [4.69, 9.17) is 9.47 Å². The highest BCUT2D eigenvalue weighted by Gasteiger charge is 2.20. The lowest BCUT2D eigenvalue weighted by atomic mass is 10.1. The van der Waals surface area contributed by atoms with Crippen LogP contribution in [0.5, 0.6) is 5.75 Å². The number of aryl methyl sites for hydroxylation is 1. The Morgan fingerprint density at radius 1 is 1.31 bits per heavy atom. The molecule has 1 aliphatic rings. The number of rotatable bonds is 7. The number of hydrogen-bond acceptors (Lipinski definition) is 6. The van der Waals surface area contributed by atoms with E-state index in [0.29, 0.717) is 52.6 Å². The van der Waals surface area contributed by atoms with Gasteiger partial charge in [0.25, 0.3) is 0 Å². The summed E-state index contributed by atoms with van der Waals surface area (Å²) in [6.07, 6.45) is 6.18. The van der Waals surface area contributed by atoms with Crippen molar-refractivity contribution in [1.29, 1.82) is 0 Å². The molecule has 3 aromatic rings. The second kappa shape index (κ2) is 9.74. The lowest BCUT2D eigenvalue weighted by molar-refractivity contribution is -0.111. The van der Waals surface area contributed by atoms with Crippen LogP contribution in [0.3, 0.4) is 0 Å². The highest BCUT2D eigenvalue weighted by Crippen LogP contribution is 2.34. The molecule has 8 heteroatoms. The van der Waals surface area contributed by atoms with Crippen LogP contribution in [-0.2, 0) is 9.53 Å². The summed E-state index contributed by atoms with van der Waals surface area (Å²) < 4.78 is 25.2. The summed E-state index contributed by atoms with van der Waals surface area (Å²) >= 11 is 0. The molecule has 2 heterocycles. The summed E-state index contributed by atoms with van der Waals surface area (Å²) in [6, 6.07) is 8.33. The molecule has 1 atom stereocenters. The fraction of sp³-hybridized carbons (Fsp3) is 0.292. The fourth-order valence-corrected chi connectivity index (χ4v) is 3.42. The number of nitrogens with one attached hydrogen (secondary N) is 2. The van der Waals surface area contributed by atoms with Crippen LogP contribution in [0.1, 0.15) is 25.3 Å². The van der Waals surface area contributed by atoms with Gasteiger partial charge in [0.2, 0.25) is 5.91 Å². The first-order chi connectivity index (χ1) is 15.5. The third-order valence-corrected chi connectivity index (χ3v) is 5.10. The van der Waals surface area contributed by atoms with Crippen molar-refractivity contribution in [2.75, 3.05) is 23.8 Å². The molecule has 1 saturated heterocycles. The quantitative estimate of drug-likeness (QED) is 0.513. The Balaban J connectivity index is 1.72. The Bertz CT molecular complexity index is 1160. The maximum Gasteiger partial charge on any atom is 0.248 e. The Morgan fingerprint density at radius 2 is 2.19 bits per heavy atom. The summed E-state index contributed by atoms with van der Waals surface area (Å²) in [5.74, 6) is 0.537. The maximum atomic E-state index is 13.6. The first-order valence-electron chi connectivity index (χ1n) is 10.6. The van der Waals surface area contributed by atoms with Crippen LogP contribution in [0, 0.1) is 12.7 Å². The molecule has 32 heavy (non-hydrogen) atoms. The highest BCUT2D eigenvalue weighted by molar-refractivity contribution is 6.03. The predicted octanol–water partition coefficient (Wildman–Crippen LogP) is 4.89. The second-order valence-electron chi connectivity index (χ2n) is 7.58. The number of nitrogens with zero attached hydrogens (tertiary/aromatic N) is 2. The van der Waals surface area contributed by atoms with Crippen LogP contribution in [0.25, 0.3) is 10.9 Å². The van der Waals surface area contributed by atoms with Crippen LogP contribution < -0.4 is 15.4 Å². The van der Waals surface area contributed by atoms with Gasteiger partial charge >= 0.3 is 0 Å². The maximum absolute atomic E-state index is 13.6. The predicted molar refractivity (Wildman–Crippen MR) is 122 cm³/mol. The zero-order chi connectivity index (χ0) is 22.5. The zero-order valence-electron chi connectivity index (χ0n) is 18.0. The van der Waals surface area contributed by atoms with Crippen molar-refractivity contribution in [2.45, 2.75) is 32.8 Å². The SMILES string of the molecule is CC/C=C/C(=O)Nc1cc2c(Nc3ccc(F)c(C)c3)ncnc2cc1OC1CCOC1. The molecule has 0 saturated carbocycles. The van der Waals surface area contributed by atoms with Gasteiger partial charge in [0.15, 0.2) is 0 Å². The van der Waals surface area contributed by atoms with Gasteiger partial charge in [-0.25, -0.2) is 14.4 Å². The van der Waals surface area contributed by atoms with Crippen LogP contribution >= 0.6 is 0 Å². The highest BCUT2D eigenvalue weighted by atomic mass is 19.1. The number of fused-ring (bicyclic) bond motifs is 1. The average molecular weight is 436 g/mol. The van der Waals surface area contributed by atoms with E-state index >= 15 is 0 Å². The van der Waals surface area contributed by atoms with Gasteiger partial charge in [-0.2, -0.15) is 0 Å². The van der Waals surface area contributed by atoms with E-state index in [1.165, 1.54) is 18.5 Å². The Labute approximate surface area is 185 Å². The minimum atomic E-state index is -0.272. The van der Waals surface area contributed by atoms with E-state index in [0.717, 1.165) is 12.8 Å². The molecule has 0 aliphatic carbocycles. The summed E-state index contributed by atoms with van der Waals surface area (Å²) in [5, 5.41) is 6.81. The second-order valence-corrected chi connectivity index (χ2v) is 7.58. The monoisotopic (exact) mass is 436 g/mol. The molecule has 1 unspecified atom stereocenters. The number of carbonyl (C=O) groups excluding carboxylic acids is 1. The number of amides is 1. The number of allylic oxidation sites excluding steroid dienone is 1. The van der Waals surface area contributed by atoms with Gasteiger partial charge in [0, 0.05) is 23.6 Å². The third kappa shape index (κ3) is 5.03. The molecule has 1 aromatic heterocycles. The molecular formula is C24H25FN4O3. The number of halogens is 1. The van der Waals surface area contributed by atoms with Gasteiger partial charge in [0.05, 0.1) is 24.4 Å². The molecule has 0 spiro atoms. The van der Waals surface area contributed by atoms with E-state index in [1.807, 2.05) is 6.92 Å². The van der Waals surface area contributed by atoms with Crippen LogP contribution in [0.4, 0.5) is 21.6 Å². The molecule has 1 fully saturated rings. The molecule has 0 bridgehead atoms. The van der Waals surface area contributed by atoms with E-state index in [9.17, 15) is 9.18 Å². The molecule has 4 rings (SSSR count). The van der Waals surface area contributed by atoms with Crippen molar-refractivity contribution in [2.24, 2.45) is 0 Å². The molecule has 2 N–H and O–H groups in total. The van der Waals surface area contributed by atoms with Crippen molar-refractivity contribution in [3.63, 3.8) is 0 Å². The number of aromatic nitrogens is 2. The van der Waals surface area contributed by atoms with Gasteiger partial charge < -0.3 is 20.1 Å². The molecule has 7 nitrogen and oxygen atoms in total. The lowest BCUT2D eigenvalue weighted by Crippen LogP contribution is -2.18. The third-order valence-electron chi connectivity index (χ3n) is 5.10. The first kappa shape index (κ1) is 21.7. The van der Waals surface area contributed by atoms with Gasteiger partial charge in [0.1, 0.15) is 29.8 Å². The van der Waals surface area contributed by atoms with Crippen molar-refractivity contribution in [1.82, 2.24) is 9.97 Å². The standard InChI is InChI=1S/C24H25FN4O3/c1-3-4-5-23(30)29-21-11-18-20(12-22(21)32-17-8-9-31-13-17)26-14-27-24(18)28-16-6-7-19(25)15(2)10-16/h4-7,10-12,14,17H,3,8-9,13H2,1-2H3,(H,29,30)(H,26,27,28)/b5-4+. The summed E-state index contributed by atoms with van der Waals surface area (Å²) in [7, 11) is 0. The lowest BCUT2D eigenvalue weighted by Gasteiger charge is -2.17. The molecule has 2 aromatic carbocycles. The molecule has 166 valence electrons. The van der Waals surface area contributed by atoms with Crippen LogP contribution in [0.15, 0.2) is 48.8 Å². The number of benzene rings is 2. The van der Waals surface area contributed by atoms with Crippen molar-refractivity contribution < 1.29 is 18.7 Å². The smallest absolute Gasteiger partial charge is 0.248 e.